The molecule has 22 heavy (non-hydrogen) atoms. The van der Waals surface area contributed by atoms with E-state index in [-0.39, 0.29) is 0 Å². The molecular weight excluding hydrogens is 268 g/mol. The highest BCUT2D eigenvalue weighted by Crippen LogP contribution is 2.49. The monoisotopic (exact) mass is 300 g/mol. The van der Waals surface area contributed by atoms with Crippen molar-refractivity contribution in [2.45, 2.75) is 70.9 Å². The normalized spacial score (nSPS) is 22.2. The third-order valence-electron chi connectivity index (χ3n) is 5.80. The third-order valence-corrected chi connectivity index (χ3v) is 5.80. The van der Waals surface area contributed by atoms with Crippen LogP contribution in [0, 0.1) is 13.8 Å². The van der Waals surface area contributed by atoms with Crippen molar-refractivity contribution < 1.29 is 0 Å². The Hall–Kier alpha value is -0.860. The van der Waals surface area contributed by atoms with Gasteiger partial charge in [0.2, 0.25) is 0 Å². The lowest BCUT2D eigenvalue weighted by Crippen LogP contribution is -2.46. The Balaban J connectivity index is 1.55. The Bertz CT molecular complexity index is 508. The second-order valence-electron chi connectivity index (χ2n) is 7.88. The molecule has 1 heterocycles. The van der Waals surface area contributed by atoms with E-state index in [4.69, 9.17) is 0 Å². The number of piperidine rings is 1. The number of hydrogen-bond acceptors (Lipinski definition) is 2. The summed E-state index contributed by atoms with van der Waals surface area (Å²) in [6.07, 6.45) is 5.33. The summed E-state index contributed by atoms with van der Waals surface area (Å²) >= 11 is 0. The van der Waals surface area contributed by atoms with Crippen LogP contribution in [0.4, 0.5) is 0 Å². The van der Waals surface area contributed by atoms with Crippen molar-refractivity contribution in [3.8, 4) is 0 Å². The van der Waals surface area contributed by atoms with Crippen molar-refractivity contribution in [2.24, 2.45) is 0 Å². The number of nitrogens with one attached hydrogen (secondary N) is 1. The van der Waals surface area contributed by atoms with Crippen LogP contribution in [0.2, 0.25) is 0 Å². The highest BCUT2D eigenvalue weighted by molar-refractivity contribution is 5.40. The first-order valence-electron chi connectivity index (χ1n) is 9.05. The maximum absolute atomic E-state index is 3.90. The largest absolute Gasteiger partial charge is 0.313 e. The van der Waals surface area contributed by atoms with Crippen LogP contribution in [0.15, 0.2) is 18.2 Å². The fourth-order valence-corrected chi connectivity index (χ4v) is 4.06. The molecule has 1 aromatic carbocycles. The highest BCUT2D eigenvalue weighted by atomic mass is 15.2. The molecule has 0 unspecified atom stereocenters. The Labute approximate surface area is 136 Å². The quantitative estimate of drug-likeness (QED) is 0.890. The van der Waals surface area contributed by atoms with E-state index in [1.54, 1.807) is 5.56 Å². The molecule has 0 aromatic heterocycles. The lowest BCUT2D eigenvalue weighted by atomic mass is 9.90. The van der Waals surface area contributed by atoms with E-state index in [1.807, 2.05) is 0 Å². The van der Waals surface area contributed by atoms with Crippen molar-refractivity contribution in [1.82, 2.24) is 10.2 Å². The predicted molar refractivity (Wildman–Crippen MR) is 94.6 cm³/mol. The first kappa shape index (κ1) is 16.0. The first-order chi connectivity index (χ1) is 10.5. The van der Waals surface area contributed by atoms with Crippen LogP contribution in [0.5, 0.6) is 0 Å². The maximum Gasteiger partial charge on any atom is 0.00917 e. The smallest absolute Gasteiger partial charge is 0.00917 e. The molecule has 2 heteroatoms. The minimum absolute atomic E-state index is 0.437. The zero-order chi connectivity index (χ0) is 15.7. The zero-order valence-electron chi connectivity index (χ0n) is 14.8. The second-order valence-corrected chi connectivity index (χ2v) is 7.88. The number of hydrogen-bond donors (Lipinski definition) is 1. The van der Waals surface area contributed by atoms with Gasteiger partial charge in [0.15, 0.2) is 0 Å². The Morgan fingerprint density at radius 1 is 1.18 bits per heavy atom. The van der Waals surface area contributed by atoms with Crippen molar-refractivity contribution in [2.75, 3.05) is 19.6 Å². The van der Waals surface area contributed by atoms with Gasteiger partial charge in [-0.25, -0.2) is 0 Å². The molecule has 0 radical (unpaired) electrons. The Morgan fingerprint density at radius 3 is 2.41 bits per heavy atom. The fourth-order valence-electron chi connectivity index (χ4n) is 4.06. The summed E-state index contributed by atoms with van der Waals surface area (Å²) in [4.78, 5) is 2.61. The molecule has 2 nitrogen and oxygen atoms in total. The molecule has 1 aliphatic heterocycles. The van der Waals surface area contributed by atoms with Gasteiger partial charge in [0.1, 0.15) is 0 Å². The standard InChI is InChI=1S/C20H32N2/c1-15(2)22-11-7-18(8-12-22)21-14-20(9-10-20)19-6-5-16(3)13-17(19)4/h5-6,13,15,18,21H,7-12,14H2,1-4H3. The van der Waals surface area contributed by atoms with Crippen LogP contribution in [0.3, 0.4) is 0 Å². The van der Waals surface area contributed by atoms with Gasteiger partial charge in [-0.3, -0.25) is 0 Å². The molecule has 1 N–H and O–H groups in total. The number of aryl methyl sites for hydroxylation is 2. The van der Waals surface area contributed by atoms with Crippen LogP contribution >= 0.6 is 0 Å². The van der Waals surface area contributed by atoms with Crippen LogP contribution in [0.1, 0.15) is 56.2 Å². The van der Waals surface area contributed by atoms with Gasteiger partial charge in [-0.05, 0) is 77.6 Å². The number of rotatable bonds is 5. The van der Waals surface area contributed by atoms with Gasteiger partial charge in [0, 0.05) is 24.0 Å². The fraction of sp³-hybridized carbons (Fsp3) is 0.700. The molecule has 0 bridgehead atoms. The van der Waals surface area contributed by atoms with Crippen molar-refractivity contribution in [1.29, 1.82) is 0 Å². The summed E-state index contributed by atoms with van der Waals surface area (Å²) in [5.41, 5.74) is 4.89. The Kier molecular flexibility index (Phi) is 4.61. The summed E-state index contributed by atoms with van der Waals surface area (Å²) in [7, 11) is 0. The average Bonchev–Trinajstić information content (AvgIpc) is 3.26. The number of likely N-dealkylation sites (tertiary alicyclic amines) is 1. The van der Waals surface area contributed by atoms with E-state index in [0.29, 0.717) is 11.5 Å². The molecule has 1 saturated heterocycles. The van der Waals surface area contributed by atoms with Gasteiger partial charge >= 0.3 is 0 Å². The molecule has 0 amide bonds. The number of benzene rings is 1. The molecule has 1 saturated carbocycles. The summed E-state index contributed by atoms with van der Waals surface area (Å²) in [6, 6.07) is 8.42. The van der Waals surface area contributed by atoms with E-state index in [0.717, 1.165) is 6.04 Å². The van der Waals surface area contributed by atoms with Gasteiger partial charge in [-0.1, -0.05) is 23.8 Å². The SMILES string of the molecule is Cc1ccc(C2(CNC3CCN(C(C)C)CC3)CC2)c(C)c1. The van der Waals surface area contributed by atoms with Crippen LogP contribution < -0.4 is 5.32 Å². The van der Waals surface area contributed by atoms with Crippen molar-refractivity contribution >= 4 is 0 Å². The van der Waals surface area contributed by atoms with Gasteiger partial charge in [0.05, 0.1) is 0 Å². The minimum Gasteiger partial charge on any atom is -0.313 e. The van der Waals surface area contributed by atoms with E-state index >= 15 is 0 Å². The molecule has 122 valence electrons. The third kappa shape index (κ3) is 3.38. The van der Waals surface area contributed by atoms with E-state index in [9.17, 15) is 0 Å². The van der Waals surface area contributed by atoms with Crippen LogP contribution in [-0.4, -0.2) is 36.6 Å². The molecule has 1 aromatic rings. The topological polar surface area (TPSA) is 15.3 Å². The van der Waals surface area contributed by atoms with Gasteiger partial charge in [0.25, 0.3) is 0 Å². The molecule has 0 atom stereocenters. The molecule has 3 rings (SSSR count). The summed E-state index contributed by atoms with van der Waals surface area (Å²) in [5.74, 6) is 0. The summed E-state index contributed by atoms with van der Waals surface area (Å²) < 4.78 is 0. The first-order valence-corrected chi connectivity index (χ1v) is 9.05. The molecule has 0 spiro atoms. The van der Waals surface area contributed by atoms with E-state index in [1.165, 1.54) is 56.4 Å². The zero-order valence-corrected chi connectivity index (χ0v) is 14.8. The molecule has 1 aliphatic carbocycles. The van der Waals surface area contributed by atoms with Crippen molar-refractivity contribution in [3.05, 3.63) is 34.9 Å². The van der Waals surface area contributed by atoms with Gasteiger partial charge in [-0.2, -0.15) is 0 Å². The lowest BCUT2D eigenvalue weighted by molar-refractivity contribution is 0.160. The molecule has 2 fully saturated rings. The Morgan fingerprint density at radius 2 is 1.86 bits per heavy atom. The molecular formula is C20H32N2. The van der Waals surface area contributed by atoms with Gasteiger partial charge < -0.3 is 10.2 Å². The van der Waals surface area contributed by atoms with E-state index in [2.05, 4.69) is 56.1 Å². The predicted octanol–water partition coefficient (Wildman–Crippen LogP) is 3.80. The van der Waals surface area contributed by atoms with Crippen LogP contribution in [-0.2, 0) is 5.41 Å². The minimum atomic E-state index is 0.437. The summed E-state index contributed by atoms with van der Waals surface area (Å²) in [6.45, 7) is 12.8. The summed E-state index contributed by atoms with van der Waals surface area (Å²) in [5, 5.41) is 3.90. The average molecular weight is 300 g/mol. The lowest BCUT2D eigenvalue weighted by Gasteiger charge is -2.35. The second kappa shape index (κ2) is 6.33. The van der Waals surface area contributed by atoms with Crippen LogP contribution in [0.25, 0.3) is 0 Å². The molecule has 2 aliphatic rings. The highest BCUT2D eigenvalue weighted by Gasteiger charge is 2.45. The van der Waals surface area contributed by atoms with Gasteiger partial charge in [-0.15, -0.1) is 0 Å². The number of nitrogens with zero attached hydrogens (tertiary/aromatic N) is 1. The maximum atomic E-state index is 3.90. The van der Waals surface area contributed by atoms with Crippen molar-refractivity contribution in [3.63, 3.8) is 0 Å². The van der Waals surface area contributed by atoms with E-state index < -0.39 is 0 Å².